The lowest BCUT2D eigenvalue weighted by molar-refractivity contribution is -0.0252. The normalized spacial score (nSPS) is 26.3. The lowest BCUT2D eigenvalue weighted by atomic mass is 9.85. The van der Waals surface area contributed by atoms with Gasteiger partial charge in [-0.05, 0) is 65.0 Å². The molecule has 2 fully saturated rings. The summed E-state index contributed by atoms with van der Waals surface area (Å²) in [7, 11) is 0. The van der Waals surface area contributed by atoms with Crippen molar-refractivity contribution in [1.82, 2.24) is 4.90 Å². The molecule has 17 heavy (non-hydrogen) atoms. The first-order valence-corrected chi connectivity index (χ1v) is 7.11. The second-order valence-corrected chi connectivity index (χ2v) is 6.16. The third-order valence-electron chi connectivity index (χ3n) is 4.63. The van der Waals surface area contributed by atoms with Crippen LogP contribution in [0.5, 0.6) is 0 Å². The van der Waals surface area contributed by atoms with Gasteiger partial charge in [-0.1, -0.05) is 0 Å². The molecule has 0 aliphatic carbocycles. The van der Waals surface area contributed by atoms with E-state index in [1.165, 1.54) is 12.8 Å². The summed E-state index contributed by atoms with van der Waals surface area (Å²) in [5.41, 5.74) is -0.0607. The highest BCUT2D eigenvalue weighted by Gasteiger charge is 2.36. The zero-order valence-electron chi connectivity index (χ0n) is 11.3. The molecule has 2 heterocycles. The van der Waals surface area contributed by atoms with Gasteiger partial charge in [0.05, 0.1) is 6.10 Å². The molecule has 0 saturated carbocycles. The summed E-state index contributed by atoms with van der Waals surface area (Å²) in [5.74, 6) is 0.653. The average molecular weight is 241 g/mol. The summed E-state index contributed by atoms with van der Waals surface area (Å²) in [5, 5.41) is 10.5. The summed E-state index contributed by atoms with van der Waals surface area (Å²) in [6.07, 6.45) is 5.54. The van der Waals surface area contributed by atoms with E-state index in [1.54, 1.807) is 0 Å². The maximum Gasteiger partial charge on any atom is 0.0721 e. The van der Waals surface area contributed by atoms with Gasteiger partial charge >= 0.3 is 0 Å². The van der Waals surface area contributed by atoms with Crippen molar-refractivity contribution in [3.63, 3.8) is 0 Å². The highest BCUT2D eigenvalue weighted by molar-refractivity contribution is 4.92. The summed E-state index contributed by atoms with van der Waals surface area (Å²) < 4.78 is 5.37. The fourth-order valence-corrected chi connectivity index (χ4v) is 3.09. The van der Waals surface area contributed by atoms with Crippen molar-refractivity contribution < 1.29 is 9.84 Å². The lowest BCUT2D eigenvalue weighted by Gasteiger charge is -2.41. The minimum Gasteiger partial charge on any atom is -0.391 e. The Balaban J connectivity index is 1.86. The lowest BCUT2D eigenvalue weighted by Crippen LogP contribution is -2.51. The Morgan fingerprint density at radius 1 is 1.24 bits per heavy atom. The molecular formula is C14H27NO2. The zero-order valence-corrected chi connectivity index (χ0v) is 11.3. The van der Waals surface area contributed by atoms with Gasteiger partial charge in [0.1, 0.15) is 0 Å². The number of rotatable bonds is 4. The molecule has 0 spiro atoms. The molecule has 100 valence electrons. The molecule has 2 aliphatic heterocycles. The van der Waals surface area contributed by atoms with E-state index in [0.717, 1.165) is 45.6 Å². The predicted molar refractivity (Wildman–Crippen MR) is 69.1 cm³/mol. The number of hydrogen-bond donors (Lipinski definition) is 1. The largest absolute Gasteiger partial charge is 0.391 e. The number of hydrogen-bond acceptors (Lipinski definition) is 3. The Kier molecular flexibility index (Phi) is 4.45. The van der Waals surface area contributed by atoms with Crippen LogP contribution in [0.4, 0.5) is 0 Å². The summed E-state index contributed by atoms with van der Waals surface area (Å²) in [4.78, 5) is 2.46. The standard InChI is InChI=1S/C14H27NO2/c1-14(2,15-7-3-4-8-15)13(16)11-12-5-9-17-10-6-12/h12-13,16H,3-11H2,1-2H3. The highest BCUT2D eigenvalue weighted by atomic mass is 16.5. The van der Waals surface area contributed by atoms with Crippen LogP contribution < -0.4 is 0 Å². The quantitative estimate of drug-likeness (QED) is 0.817. The monoisotopic (exact) mass is 241 g/mol. The second kappa shape index (κ2) is 5.68. The van der Waals surface area contributed by atoms with Gasteiger partial charge in [-0.3, -0.25) is 4.90 Å². The molecule has 0 aromatic carbocycles. The SMILES string of the molecule is CC(C)(C(O)CC1CCOCC1)N1CCCC1. The van der Waals surface area contributed by atoms with Crippen LogP contribution in [0.1, 0.15) is 46.0 Å². The number of likely N-dealkylation sites (tertiary alicyclic amines) is 1. The maximum atomic E-state index is 10.5. The van der Waals surface area contributed by atoms with Crippen LogP contribution in [0.25, 0.3) is 0 Å². The Bertz CT molecular complexity index is 230. The third-order valence-corrected chi connectivity index (χ3v) is 4.63. The van der Waals surface area contributed by atoms with E-state index in [1.807, 2.05) is 0 Å². The van der Waals surface area contributed by atoms with Gasteiger partial charge in [0.25, 0.3) is 0 Å². The van der Waals surface area contributed by atoms with Crippen molar-refractivity contribution in [2.45, 2.75) is 57.6 Å². The maximum absolute atomic E-state index is 10.5. The Hall–Kier alpha value is -0.120. The third kappa shape index (κ3) is 3.21. The van der Waals surface area contributed by atoms with Crippen LogP contribution in [0.3, 0.4) is 0 Å². The molecule has 3 heteroatoms. The highest BCUT2D eigenvalue weighted by Crippen LogP contribution is 2.30. The van der Waals surface area contributed by atoms with E-state index >= 15 is 0 Å². The first kappa shape index (κ1) is 13.3. The fourth-order valence-electron chi connectivity index (χ4n) is 3.09. The van der Waals surface area contributed by atoms with Crippen molar-refractivity contribution >= 4 is 0 Å². The molecule has 1 N–H and O–H groups in total. The van der Waals surface area contributed by atoms with Crippen LogP contribution in [-0.4, -0.2) is 48.0 Å². The van der Waals surface area contributed by atoms with Gasteiger partial charge in [-0.25, -0.2) is 0 Å². The van der Waals surface area contributed by atoms with E-state index in [-0.39, 0.29) is 11.6 Å². The number of aliphatic hydroxyl groups excluding tert-OH is 1. The molecule has 1 atom stereocenters. The molecule has 0 bridgehead atoms. The van der Waals surface area contributed by atoms with Gasteiger partial charge < -0.3 is 9.84 Å². The van der Waals surface area contributed by atoms with E-state index < -0.39 is 0 Å². The van der Waals surface area contributed by atoms with Crippen molar-refractivity contribution in [3.05, 3.63) is 0 Å². The van der Waals surface area contributed by atoms with E-state index in [0.29, 0.717) is 5.92 Å². The van der Waals surface area contributed by atoms with Gasteiger partial charge in [-0.15, -0.1) is 0 Å². The minimum atomic E-state index is -0.205. The topological polar surface area (TPSA) is 32.7 Å². The van der Waals surface area contributed by atoms with E-state index in [9.17, 15) is 5.11 Å². The molecule has 0 aromatic rings. The van der Waals surface area contributed by atoms with Crippen LogP contribution in [0.15, 0.2) is 0 Å². The van der Waals surface area contributed by atoms with Crippen molar-refractivity contribution in [2.24, 2.45) is 5.92 Å². The Morgan fingerprint density at radius 3 is 2.41 bits per heavy atom. The van der Waals surface area contributed by atoms with Crippen LogP contribution in [0, 0.1) is 5.92 Å². The smallest absolute Gasteiger partial charge is 0.0721 e. The van der Waals surface area contributed by atoms with Crippen molar-refractivity contribution in [3.8, 4) is 0 Å². The van der Waals surface area contributed by atoms with E-state index in [4.69, 9.17) is 4.74 Å². The van der Waals surface area contributed by atoms with Crippen LogP contribution >= 0.6 is 0 Å². The molecule has 0 aromatic heterocycles. The molecule has 3 nitrogen and oxygen atoms in total. The van der Waals surface area contributed by atoms with Gasteiger partial charge in [0, 0.05) is 18.8 Å². The molecule has 0 amide bonds. The first-order valence-electron chi connectivity index (χ1n) is 7.11. The second-order valence-electron chi connectivity index (χ2n) is 6.16. The fraction of sp³-hybridized carbons (Fsp3) is 1.00. The van der Waals surface area contributed by atoms with E-state index in [2.05, 4.69) is 18.7 Å². The molecule has 2 rings (SSSR count). The number of aliphatic hydroxyl groups is 1. The predicted octanol–water partition coefficient (Wildman–Crippen LogP) is 2.04. The molecular weight excluding hydrogens is 214 g/mol. The molecule has 2 saturated heterocycles. The van der Waals surface area contributed by atoms with Gasteiger partial charge in [0.15, 0.2) is 0 Å². The summed E-state index contributed by atoms with van der Waals surface area (Å²) in [6.45, 7) is 8.45. The first-order chi connectivity index (χ1) is 8.10. The van der Waals surface area contributed by atoms with Crippen molar-refractivity contribution in [1.29, 1.82) is 0 Å². The van der Waals surface area contributed by atoms with Crippen LogP contribution in [-0.2, 0) is 4.74 Å². The van der Waals surface area contributed by atoms with Gasteiger partial charge in [0.2, 0.25) is 0 Å². The zero-order chi connectivity index (χ0) is 12.3. The Labute approximate surface area is 105 Å². The van der Waals surface area contributed by atoms with Crippen molar-refractivity contribution in [2.75, 3.05) is 26.3 Å². The van der Waals surface area contributed by atoms with Crippen LogP contribution in [0.2, 0.25) is 0 Å². The Morgan fingerprint density at radius 2 is 1.82 bits per heavy atom. The summed E-state index contributed by atoms with van der Waals surface area (Å²) >= 11 is 0. The molecule has 1 unspecified atom stereocenters. The number of nitrogens with zero attached hydrogens (tertiary/aromatic N) is 1. The number of ether oxygens (including phenoxy) is 1. The van der Waals surface area contributed by atoms with Gasteiger partial charge in [-0.2, -0.15) is 0 Å². The molecule has 2 aliphatic rings. The summed E-state index contributed by atoms with van der Waals surface area (Å²) in [6, 6.07) is 0. The minimum absolute atomic E-state index is 0.0607. The average Bonchev–Trinajstić information content (AvgIpc) is 2.84. The molecule has 0 radical (unpaired) electrons.